The Morgan fingerprint density at radius 2 is 1.69 bits per heavy atom. The SMILES string of the molecule is COC(c1ccccc1C(=O)O)c1cccc2[nH]c(CCc3ccccc3)nc12. The fraction of sp³-hybridized carbons (Fsp3) is 0.167. The zero-order chi connectivity index (χ0) is 20.2. The van der Waals surface area contributed by atoms with Crippen molar-refractivity contribution in [3.8, 4) is 0 Å². The lowest BCUT2D eigenvalue weighted by molar-refractivity contribution is 0.0687. The van der Waals surface area contributed by atoms with Gasteiger partial charge in [-0.15, -0.1) is 0 Å². The van der Waals surface area contributed by atoms with E-state index < -0.39 is 12.1 Å². The van der Waals surface area contributed by atoms with Crippen LogP contribution in [-0.4, -0.2) is 28.2 Å². The Hall–Kier alpha value is -3.44. The third kappa shape index (κ3) is 3.91. The second-order valence-electron chi connectivity index (χ2n) is 6.92. The van der Waals surface area contributed by atoms with Gasteiger partial charge in [-0.2, -0.15) is 0 Å². The van der Waals surface area contributed by atoms with Gasteiger partial charge in [0.1, 0.15) is 11.9 Å². The summed E-state index contributed by atoms with van der Waals surface area (Å²) in [5.41, 5.74) is 4.68. The van der Waals surface area contributed by atoms with E-state index in [-0.39, 0.29) is 5.56 Å². The van der Waals surface area contributed by atoms with E-state index in [1.165, 1.54) is 5.56 Å². The maximum atomic E-state index is 11.7. The molecule has 0 spiro atoms. The highest BCUT2D eigenvalue weighted by Gasteiger charge is 2.23. The van der Waals surface area contributed by atoms with Crippen molar-refractivity contribution in [3.63, 3.8) is 0 Å². The molecular weight excluding hydrogens is 364 g/mol. The van der Waals surface area contributed by atoms with Gasteiger partial charge in [0, 0.05) is 19.1 Å². The predicted octanol–water partition coefficient (Wildman–Crippen LogP) is 4.78. The minimum absolute atomic E-state index is 0.233. The summed E-state index contributed by atoms with van der Waals surface area (Å²) in [4.78, 5) is 19.9. The standard InChI is InChI=1S/C24H22N2O3/c1-29-23(17-10-5-6-11-18(17)24(27)28)19-12-7-13-20-22(19)26-21(25-20)15-14-16-8-3-2-4-9-16/h2-13,23H,14-15H2,1H3,(H,25,26)(H,27,28). The number of aryl methyl sites for hydroxylation is 2. The van der Waals surface area contributed by atoms with Gasteiger partial charge in [0.05, 0.1) is 16.6 Å². The zero-order valence-corrected chi connectivity index (χ0v) is 16.1. The number of carbonyl (C=O) groups is 1. The maximum Gasteiger partial charge on any atom is 0.336 e. The van der Waals surface area contributed by atoms with Crippen LogP contribution in [-0.2, 0) is 17.6 Å². The molecule has 4 rings (SSSR count). The summed E-state index contributed by atoms with van der Waals surface area (Å²) in [7, 11) is 1.59. The molecule has 0 saturated heterocycles. The third-order valence-corrected chi connectivity index (χ3v) is 5.08. The number of para-hydroxylation sites is 1. The molecule has 0 fully saturated rings. The Balaban J connectivity index is 1.70. The number of rotatable bonds is 7. The summed E-state index contributed by atoms with van der Waals surface area (Å²) < 4.78 is 5.74. The molecule has 5 nitrogen and oxygen atoms in total. The minimum atomic E-state index is -0.972. The number of fused-ring (bicyclic) bond motifs is 1. The van der Waals surface area contributed by atoms with Crippen LogP contribution in [0, 0.1) is 0 Å². The number of benzene rings is 3. The molecule has 4 aromatic rings. The molecule has 0 saturated carbocycles. The molecule has 0 bridgehead atoms. The molecule has 0 aliphatic carbocycles. The Morgan fingerprint density at radius 1 is 0.966 bits per heavy atom. The molecule has 1 aromatic heterocycles. The Kier molecular flexibility index (Phi) is 5.40. The van der Waals surface area contributed by atoms with Crippen LogP contribution in [0.15, 0.2) is 72.8 Å². The second-order valence-corrected chi connectivity index (χ2v) is 6.92. The number of imidazole rings is 1. The van der Waals surface area contributed by atoms with Crippen molar-refractivity contribution in [1.29, 1.82) is 0 Å². The van der Waals surface area contributed by atoms with Crippen LogP contribution >= 0.6 is 0 Å². The lowest BCUT2D eigenvalue weighted by Crippen LogP contribution is -2.10. The molecule has 5 heteroatoms. The van der Waals surface area contributed by atoms with Gasteiger partial charge >= 0.3 is 5.97 Å². The number of nitrogens with one attached hydrogen (secondary N) is 1. The van der Waals surface area contributed by atoms with Gasteiger partial charge in [0.2, 0.25) is 0 Å². The molecule has 1 heterocycles. The lowest BCUT2D eigenvalue weighted by Gasteiger charge is -2.18. The fourth-order valence-corrected chi connectivity index (χ4v) is 3.68. The van der Waals surface area contributed by atoms with Gasteiger partial charge in [-0.05, 0) is 29.7 Å². The van der Waals surface area contributed by atoms with Crippen molar-refractivity contribution < 1.29 is 14.6 Å². The molecule has 2 N–H and O–H groups in total. The van der Waals surface area contributed by atoms with E-state index in [2.05, 4.69) is 17.1 Å². The number of ether oxygens (including phenoxy) is 1. The Bertz CT molecular complexity index is 1140. The molecule has 0 radical (unpaired) electrons. The summed E-state index contributed by atoms with van der Waals surface area (Å²) in [6.45, 7) is 0. The second kappa shape index (κ2) is 8.29. The number of nitrogens with zero attached hydrogens (tertiary/aromatic N) is 1. The van der Waals surface area contributed by atoms with E-state index in [1.54, 1.807) is 25.3 Å². The first kappa shape index (κ1) is 18.9. The van der Waals surface area contributed by atoms with E-state index in [0.29, 0.717) is 5.56 Å². The van der Waals surface area contributed by atoms with Crippen molar-refractivity contribution in [1.82, 2.24) is 9.97 Å². The number of carboxylic acids is 1. The number of aromatic nitrogens is 2. The van der Waals surface area contributed by atoms with Gasteiger partial charge in [0.25, 0.3) is 0 Å². The van der Waals surface area contributed by atoms with Crippen molar-refractivity contribution in [2.45, 2.75) is 18.9 Å². The van der Waals surface area contributed by atoms with Crippen LogP contribution in [0.3, 0.4) is 0 Å². The van der Waals surface area contributed by atoms with Crippen LogP contribution in [0.4, 0.5) is 0 Å². The predicted molar refractivity (Wildman–Crippen MR) is 112 cm³/mol. The normalized spacial score (nSPS) is 12.2. The van der Waals surface area contributed by atoms with E-state index in [9.17, 15) is 9.90 Å². The molecule has 3 aromatic carbocycles. The van der Waals surface area contributed by atoms with Crippen molar-refractivity contribution in [3.05, 3.63) is 101 Å². The number of hydrogen-bond acceptors (Lipinski definition) is 3. The maximum absolute atomic E-state index is 11.7. The molecule has 0 aliphatic heterocycles. The summed E-state index contributed by atoms with van der Waals surface area (Å²) in [5, 5.41) is 9.58. The molecule has 1 unspecified atom stereocenters. The highest BCUT2D eigenvalue weighted by molar-refractivity contribution is 5.90. The zero-order valence-electron chi connectivity index (χ0n) is 16.1. The average Bonchev–Trinajstić information content (AvgIpc) is 3.18. The summed E-state index contributed by atoms with van der Waals surface area (Å²) >= 11 is 0. The topological polar surface area (TPSA) is 75.2 Å². The number of carboxylic acid groups (broad SMARTS) is 1. The highest BCUT2D eigenvalue weighted by atomic mass is 16.5. The fourth-order valence-electron chi connectivity index (χ4n) is 3.68. The van der Waals surface area contributed by atoms with E-state index in [4.69, 9.17) is 9.72 Å². The van der Waals surface area contributed by atoms with Crippen LogP contribution in [0.5, 0.6) is 0 Å². The van der Waals surface area contributed by atoms with Gasteiger partial charge in [0.15, 0.2) is 0 Å². The lowest BCUT2D eigenvalue weighted by atomic mass is 9.96. The third-order valence-electron chi connectivity index (χ3n) is 5.08. The number of aromatic amines is 1. The highest BCUT2D eigenvalue weighted by Crippen LogP contribution is 2.32. The molecule has 0 amide bonds. The minimum Gasteiger partial charge on any atom is -0.478 e. The number of H-pyrrole nitrogens is 1. The van der Waals surface area contributed by atoms with Crippen molar-refractivity contribution >= 4 is 17.0 Å². The van der Waals surface area contributed by atoms with Crippen LogP contribution < -0.4 is 0 Å². The first-order valence-corrected chi connectivity index (χ1v) is 9.54. The van der Waals surface area contributed by atoms with Crippen molar-refractivity contribution in [2.24, 2.45) is 0 Å². The number of hydrogen-bond donors (Lipinski definition) is 2. The van der Waals surface area contributed by atoms with Crippen molar-refractivity contribution in [2.75, 3.05) is 7.11 Å². The van der Waals surface area contributed by atoms with E-state index in [0.717, 1.165) is 35.3 Å². The van der Waals surface area contributed by atoms with E-state index in [1.807, 2.05) is 42.5 Å². The molecule has 146 valence electrons. The van der Waals surface area contributed by atoms with E-state index >= 15 is 0 Å². The van der Waals surface area contributed by atoms with Gasteiger partial charge in [-0.3, -0.25) is 0 Å². The molecule has 1 atom stereocenters. The molecule has 0 aliphatic rings. The Morgan fingerprint density at radius 3 is 2.45 bits per heavy atom. The largest absolute Gasteiger partial charge is 0.478 e. The summed E-state index contributed by atoms with van der Waals surface area (Å²) in [6.07, 6.45) is 1.17. The summed E-state index contributed by atoms with van der Waals surface area (Å²) in [6, 6.07) is 23.1. The van der Waals surface area contributed by atoms with Gasteiger partial charge in [-0.25, -0.2) is 9.78 Å². The molecule has 29 heavy (non-hydrogen) atoms. The van der Waals surface area contributed by atoms with Gasteiger partial charge < -0.3 is 14.8 Å². The summed E-state index contributed by atoms with van der Waals surface area (Å²) in [5.74, 6) is -0.0712. The quantitative estimate of drug-likeness (QED) is 0.479. The molecular formula is C24H22N2O3. The van der Waals surface area contributed by atoms with Crippen LogP contribution in [0.25, 0.3) is 11.0 Å². The smallest absolute Gasteiger partial charge is 0.336 e. The number of methoxy groups -OCH3 is 1. The van der Waals surface area contributed by atoms with Crippen LogP contribution in [0.1, 0.15) is 39.0 Å². The van der Waals surface area contributed by atoms with Crippen LogP contribution in [0.2, 0.25) is 0 Å². The monoisotopic (exact) mass is 386 g/mol. The average molecular weight is 386 g/mol. The first-order chi connectivity index (χ1) is 14.2. The first-order valence-electron chi connectivity index (χ1n) is 9.54. The van der Waals surface area contributed by atoms with Gasteiger partial charge in [-0.1, -0.05) is 60.7 Å². The number of aromatic carboxylic acids is 1. The Labute approximate surface area is 169 Å².